The predicted octanol–water partition coefficient (Wildman–Crippen LogP) is 3.30. The van der Waals surface area contributed by atoms with Gasteiger partial charge in [-0.05, 0) is 49.2 Å². The monoisotopic (exact) mass is 372 g/mol. The number of carbonyl (C=O) groups excluding carboxylic acids is 2. The van der Waals surface area contributed by atoms with E-state index in [1.165, 1.54) is 4.90 Å². The van der Waals surface area contributed by atoms with Gasteiger partial charge in [-0.25, -0.2) is 0 Å². The molecule has 0 aliphatic carbocycles. The molecule has 1 N–H and O–H groups in total. The molecule has 0 saturated heterocycles. The van der Waals surface area contributed by atoms with Crippen LogP contribution in [0.15, 0.2) is 42.5 Å². The van der Waals surface area contributed by atoms with Crippen LogP contribution in [0, 0.1) is 12.8 Å². The van der Waals surface area contributed by atoms with E-state index < -0.39 is 0 Å². The summed E-state index contributed by atoms with van der Waals surface area (Å²) in [6.45, 7) is 2.28. The van der Waals surface area contributed by atoms with Crippen molar-refractivity contribution in [2.75, 3.05) is 25.5 Å². The largest absolute Gasteiger partial charge is 0.492 e. The topological polar surface area (TPSA) is 58.6 Å². The fraction of sp³-hybridized carbons (Fsp3) is 0.300. The average Bonchev–Trinajstić information content (AvgIpc) is 2.62. The first-order valence-electron chi connectivity index (χ1n) is 8.45. The van der Waals surface area contributed by atoms with Crippen molar-refractivity contribution < 1.29 is 14.3 Å². The van der Waals surface area contributed by atoms with E-state index in [9.17, 15) is 9.59 Å². The number of aryl methyl sites for hydroxylation is 1. The Bertz CT molecular complexity index is 820. The maximum absolute atomic E-state index is 12.7. The van der Waals surface area contributed by atoms with Gasteiger partial charge >= 0.3 is 0 Å². The molecule has 0 saturated carbocycles. The molecule has 0 radical (unpaired) electrons. The number of hydrogen-bond donors (Lipinski definition) is 1. The number of nitrogens with zero attached hydrogens (tertiary/aromatic N) is 1. The molecule has 136 valence electrons. The first kappa shape index (κ1) is 18.3. The number of anilines is 1. The fourth-order valence-electron chi connectivity index (χ4n) is 2.96. The van der Waals surface area contributed by atoms with Crippen molar-refractivity contribution in [1.82, 2.24) is 4.90 Å². The Morgan fingerprint density at radius 1 is 1.23 bits per heavy atom. The molecular formula is C20H21ClN2O3. The first-order valence-corrected chi connectivity index (χ1v) is 8.83. The quantitative estimate of drug-likeness (QED) is 0.895. The van der Waals surface area contributed by atoms with Gasteiger partial charge in [0.25, 0.3) is 0 Å². The van der Waals surface area contributed by atoms with Crippen molar-refractivity contribution in [3.63, 3.8) is 0 Å². The number of amides is 2. The molecule has 1 atom stereocenters. The molecule has 2 amide bonds. The Balaban J connectivity index is 1.57. The molecule has 0 fully saturated rings. The zero-order valence-corrected chi connectivity index (χ0v) is 15.5. The molecule has 0 aromatic heterocycles. The Morgan fingerprint density at radius 2 is 1.96 bits per heavy atom. The summed E-state index contributed by atoms with van der Waals surface area (Å²) in [5.41, 5.74) is 2.75. The third kappa shape index (κ3) is 4.35. The fourth-order valence-corrected chi connectivity index (χ4v) is 3.16. The second-order valence-electron chi connectivity index (χ2n) is 6.57. The van der Waals surface area contributed by atoms with E-state index in [4.69, 9.17) is 16.3 Å². The predicted molar refractivity (Wildman–Crippen MR) is 102 cm³/mol. The van der Waals surface area contributed by atoms with Gasteiger partial charge in [-0.2, -0.15) is 0 Å². The molecule has 0 unspecified atom stereocenters. The van der Waals surface area contributed by atoms with Crippen LogP contribution in [0.1, 0.15) is 11.1 Å². The van der Waals surface area contributed by atoms with Crippen LogP contribution in [-0.2, 0) is 16.0 Å². The average molecular weight is 373 g/mol. The van der Waals surface area contributed by atoms with Gasteiger partial charge in [-0.3, -0.25) is 9.59 Å². The summed E-state index contributed by atoms with van der Waals surface area (Å²) in [5, 5.41) is 3.42. The molecule has 0 spiro atoms. The molecule has 1 heterocycles. The van der Waals surface area contributed by atoms with Crippen LogP contribution >= 0.6 is 11.6 Å². The summed E-state index contributed by atoms with van der Waals surface area (Å²) in [6.07, 6.45) is 0.554. The Labute approximate surface area is 157 Å². The highest BCUT2D eigenvalue weighted by molar-refractivity contribution is 6.30. The lowest BCUT2D eigenvalue weighted by molar-refractivity contribution is -0.138. The standard InChI is InChI=1S/C20H21ClN2O3/c1-13-3-6-17(7-4-13)22-19(24)11-23(2)20(25)15-9-14-10-16(21)5-8-18(14)26-12-15/h3-8,10,15H,9,11-12H2,1-2H3,(H,22,24)/t15-/m0/s1. The smallest absolute Gasteiger partial charge is 0.243 e. The van der Waals surface area contributed by atoms with Crippen LogP contribution in [0.3, 0.4) is 0 Å². The zero-order valence-electron chi connectivity index (χ0n) is 14.8. The van der Waals surface area contributed by atoms with Gasteiger partial charge in [0.15, 0.2) is 0 Å². The van der Waals surface area contributed by atoms with E-state index in [1.54, 1.807) is 13.1 Å². The normalized spacial score (nSPS) is 15.6. The Kier molecular flexibility index (Phi) is 5.47. The number of likely N-dealkylation sites (N-methyl/N-ethyl adjacent to an activating group) is 1. The molecule has 1 aliphatic rings. The summed E-state index contributed by atoms with van der Waals surface area (Å²) >= 11 is 6.02. The number of halogens is 1. The highest BCUT2D eigenvalue weighted by atomic mass is 35.5. The summed E-state index contributed by atoms with van der Waals surface area (Å²) in [6, 6.07) is 12.9. The molecule has 5 nitrogen and oxygen atoms in total. The van der Waals surface area contributed by atoms with Gasteiger partial charge in [0.1, 0.15) is 12.4 Å². The molecule has 26 heavy (non-hydrogen) atoms. The molecule has 1 aliphatic heterocycles. The van der Waals surface area contributed by atoms with E-state index in [-0.39, 0.29) is 24.3 Å². The van der Waals surface area contributed by atoms with E-state index >= 15 is 0 Å². The van der Waals surface area contributed by atoms with Gasteiger partial charge in [-0.15, -0.1) is 0 Å². The van der Waals surface area contributed by atoms with E-state index in [1.807, 2.05) is 43.3 Å². The number of rotatable bonds is 4. The number of benzene rings is 2. The first-order chi connectivity index (χ1) is 12.4. The molecule has 0 bridgehead atoms. The lowest BCUT2D eigenvalue weighted by Crippen LogP contribution is -2.42. The minimum atomic E-state index is -0.321. The maximum Gasteiger partial charge on any atom is 0.243 e. The van der Waals surface area contributed by atoms with Crippen molar-refractivity contribution in [3.8, 4) is 5.75 Å². The maximum atomic E-state index is 12.7. The van der Waals surface area contributed by atoms with Crippen molar-refractivity contribution in [1.29, 1.82) is 0 Å². The van der Waals surface area contributed by atoms with Crippen LogP contribution in [0.25, 0.3) is 0 Å². The van der Waals surface area contributed by atoms with E-state index in [2.05, 4.69) is 5.32 Å². The number of carbonyl (C=O) groups is 2. The SMILES string of the molecule is Cc1ccc(NC(=O)CN(C)C(=O)[C@@H]2COc3ccc(Cl)cc3C2)cc1. The van der Waals surface area contributed by atoms with Gasteiger partial charge < -0.3 is 15.0 Å². The Morgan fingerprint density at radius 3 is 2.69 bits per heavy atom. The van der Waals surface area contributed by atoms with E-state index in [0.29, 0.717) is 23.7 Å². The lowest BCUT2D eigenvalue weighted by atomic mass is 9.95. The van der Waals surface area contributed by atoms with Crippen LogP contribution in [-0.4, -0.2) is 36.9 Å². The van der Waals surface area contributed by atoms with Gasteiger partial charge in [0, 0.05) is 17.8 Å². The lowest BCUT2D eigenvalue weighted by Gasteiger charge is -2.28. The van der Waals surface area contributed by atoms with Crippen molar-refractivity contribution >= 4 is 29.1 Å². The Hall–Kier alpha value is -2.53. The number of hydrogen-bond acceptors (Lipinski definition) is 3. The van der Waals surface area contributed by atoms with Gasteiger partial charge in [0.05, 0.1) is 12.5 Å². The van der Waals surface area contributed by atoms with Crippen molar-refractivity contribution in [2.45, 2.75) is 13.3 Å². The summed E-state index contributed by atoms with van der Waals surface area (Å²) in [5.74, 6) is 0.0934. The van der Waals surface area contributed by atoms with Crippen molar-refractivity contribution in [2.24, 2.45) is 5.92 Å². The zero-order chi connectivity index (χ0) is 18.7. The van der Waals surface area contributed by atoms with Crippen LogP contribution in [0.5, 0.6) is 5.75 Å². The number of ether oxygens (including phenoxy) is 1. The molecular weight excluding hydrogens is 352 g/mol. The van der Waals surface area contributed by atoms with Gasteiger partial charge in [0.2, 0.25) is 11.8 Å². The minimum absolute atomic E-state index is 0.00832. The number of fused-ring (bicyclic) bond motifs is 1. The molecule has 6 heteroatoms. The van der Waals surface area contributed by atoms with E-state index in [0.717, 1.165) is 16.9 Å². The third-order valence-corrected chi connectivity index (χ3v) is 4.61. The highest BCUT2D eigenvalue weighted by Gasteiger charge is 2.29. The van der Waals surface area contributed by atoms with Crippen LogP contribution in [0.4, 0.5) is 5.69 Å². The second kappa shape index (κ2) is 7.79. The molecule has 3 rings (SSSR count). The van der Waals surface area contributed by atoms with Crippen LogP contribution < -0.4 is 10.1 Å². The highest BCUT2D eigenvalue weighted by Crippen LogP contribution is 2.30. The minimum Gasteiger partial charge on any atom is -0.492 e. The van der Waals surface area contributed by atoms with Crippen LogP contribution in [0.2, 0.25) is 5.02 Å². The molecule has 2 aromatic carbocycles. The van der Waals surface area contributed by atoms with Gasteiger partial charge in [-0.1, -0.05) is 29.3 Å². The molecule has 2 aromatic rings. The summed E-state index contributed by atoms with van der Waals surface area (Å²) in [7, 11) is 1.63. The number of nitrogens with one attached hydrogen (secondary N) is 1. The summed E-state index contributed by atoms with van der Waals surface area (Å²) in [4.78, 5) is 26.3. The third-order valence-electron chi connectivity index (χ3n) is 4.37. The second-order valence-corrected chi connectivity index (χ2v) is 7.01. The van der Waals surface area contributed by atoms with Crippen molar-refractivity contribution in [3.05, 3.63) is 58.6 Å². The summed E-state index contributed by atoms with van der Waals surface area (Å²) < 4.78 is 5.67.